The number of pyridine rings is 1. The third-order valence-electron chi connectivity index (χ3n) is 4.85. The van der Waals surface area contributed by atoms with Gasteiger partial charge in [0.1, 0.15) is 16.7 Å². The smallest absolute Gasteiger partial charge is 0.251 e. The Morgan fingerprint density at radius 1 is 1.20 bits per heavy atom. The number of halogens is 1. The molecule has 5 nitrogen and oxygen atoms in total. The van der Waals surface area contributed by atoms with Gasteiger partial charge in [0.05, 0.1) is 0 Å². The average molecular weight is 358 g/mol. The summed E-state index contributed by atoms with van der Waals surface area (Å²) in [5, 5.41) is 3.55. The molecule has 25 heavy (non-hydrogen) atoms. The molecule has 130 valence electrons. The molecule has 1 aromatic carbocycles. The first-order chi connectivity index (χ1) is 12.2. The molecule has 1 aromatic heterocycles. The van der Waals surface area contributed by atoms with Crippen molar-refractivity contribution in [2.75, 3.05) is 19.6 Å². The van der Waals surface area contributed by atoms with Crippen molar-refractivity contribution in [3.8, 4) is 11.5 Å². The summed E-state index contributed by atoms with van der Waals surface area (Å²) in [4.78, 5) is 18.8. The molecule has 2 aliphatic rings. The standard InChI is InChI=1S/C19H20ClN3O2/c20-18-10-17(5-7-21-18)25-16-3-1-14(2-4-16)19(24)22-15-9-13-6-8-23(11-13)12-15/h1-5,7,10,13,15H,6,8-9,11-12H2,(H,22,24)/t13-,15+/m0/s1. The van der Waals surface area contributed by atoms with Crippen molar-refractivity contribution < 1.29 is 9.53 Å². The second-order valence-corrected chi connectivity index (χ2v) is 7.15. The van der Waals surface area contributed by atoms with E-state index in [4.69, 9.17) is 16.3 Å². The predicted octanol–water partition coefficient (Wildman–Crippen LogP) is 3.35. The van der Waals surface area contributed by atoms with Gasteiger partial charge in [-0.15, -0.1) is 0 Å². The molecule has 0 spiro atoms. The highest BCUT2D eigenvalue weighted by Gasteiger charge is 2.32. The molecule has 2 aromatic rings. The summed E-state index contributed by atoms with van der Waals surface area (Å²) in [6.45, 7) is 3.33. The summed E-state index contributed by atoms with van der Waals surface area (Å²) in [7, 11) is 0. The Balaban J connectivity index is 1.37. The number of hydrogen-bond acceptors (Lipinski definition) is 4. The van der Waals surface area contributed by atoms with Gasteiger partial charge < -0.3 is 15.0 Å². The van der Waals surface area contributed by atoms with Crippen molar-refractivity contribution in [1.82, 2.24) is 15.2 Å². The van der Waals surface area contributed by atoms with E-state index in [-0.39, 0.29) is 11.9 Å². The van der Waals surface area contributed by atoms with E-state index in [1.807, 2.05) is 0 Å². The molecular formula is C19H20ClN3O2. The zero-order valence-corrected chi connectivity index (χ0v) is 14.6. The molecule has 3 atom stereocenters. The van der Waals surface area contributed by atoms with E-state index in [2.05, 4.69) is 15.2 Å². The third-order valence-corrected chi connectivity index (χ3v) is 5.06. The lowest BCUT2D eigenvalue weighted by Crippen LogP contribution is -2.46. The van der Waals surface area contributed by atoms with E-state index >= 15 is 0 Å². The minimum absolute atomic E-state index is 0.0222. The summed E-state index contributed by atoms with van der Waals surface area (Å²) in [5.74, 6) is 1.98. The second kappa shape index (κ2) is 7.02. The molecule has 2 bridgehead atoms. The number of fused-ring (bicyclic) bond motifs is 2. The molecule has 1 amide bonds. The van der Waals surface area contributed by atoms with Crippen LogP contribution in [0.25, 0.3) is 0 Å². The molecule has 2 fully saturated rings. The normalized spacial score (nSPS) is 24.8. The summed E-state index contributed by atoms with van der Waals surface area (Å²) in [6.07, 6.45) is 3.94. The Bertz CT molecular complexity index is 754. The van der Waals surface area contributed by atoms with Crippen LogP contribution in [0.4, 0.5) is 0 Å². The van der Waals surface area contributed by atoms with Crippen molar-refractivity contribution in [3.63, 3.8) is 0 Å². The fraction of sp³-hybridized carbons (Fsp3) is 0.368. The maximum Gasteiger partial charge on any atom is 0.251 e. The molecular weight excluding hydrogens is 338 g/mol. The topological polar surface area (TPSA) is 54.5 Å². The van der Waals surface area contributed by atoms with Crippen LogP contribution in [0.2, 0.25) is 5.15 Å². The lowest BCUT2D eigenvalue weighted by molar-refractivity contribution is 0.0909. The summed E-state index contributed by atoms with van der Waals surface area (Å²) in [5.41, 5.74) is 0.646. The van der Waals surface area contributed by atoms with E-state index < -0.39 is 0 Å². The highest BCUT2D eigenvalue weighted by molar-refractivity contribution is 6.29. The van der Waals surface area contributed by atoms with Crippen molar-refractivity contribution in [1.29, 1.82) is 0 Å². The molecule has 0 aliphatic carbocycles. The maximum absolute atomic E-state index is 12.5. The number of benzene rings is 1. The molecule has 1 unspecified atom stereocenters. The molecule has 2 saturated heterocycles. The fourth-order valence-corrected chi connectivity index (χ4v) is 3.86. The zero-order valence-electron chi connectivity index (χ0n) is 13.8. The van der Waals surface area contributed by atoms with Gasteiger partial charge in [-0.3, -0.25) is 4.79 Å². The number of nitrogens with zero attached hydrogens (tertiary/aromatic N) is 2. The zero-order chi connectivity index (χ0) is 17.2. The van der Waals surface area contributed by atoms with Gasteiger partial charge in [-0.1, -0.05) is 11.6 Å². The lowest BCUT2D eigenvalue weighted by atomic mass is 9.96. The van der Waals surface area contributed by atoms with Crippen LogP contribution in [0.5, 0.6) is 11.5 Å². The molecule has 0 saturated carbocycles. The van der Waals surface area contributed by atoms with Crippen LogP contribution < -0.4 is 10.1 Å². The number of carbonyl (C=O) groups excluding carboxylic acids is 1. The maximum atomic E-state index is 12.5. The van der Waals surface area contributed by atoms with Gasteiger partial charge in [0.2, 0.25) is 0 Å². The van der Waals surface area contributed by atoms with Gasteiger partial charge >= 0.3 is 0 Å². The molecule has 1 N–H and O–H groups in total. The van der Waals surface area contributed by atoms with Crippen LogP contribution in [0, 0.1) is 5.92 Å². The van der Waals surface area contributed by atoms with Crippen LogP contribution in [-0.2, 0) is 0 Å². The minimum atomic E-state index is -0.0222. The number of carbonyl (C=O) groups is 1. The number of nitrogens with one attached hydrogen (secondary N) is 1. The SMILES string of the molecule is O=C(N[C@@H]1C[C@@H]2CCN(C2)C1)c1ccc(Oc2ccnc(Cl)c2)cc1. The lowest BCUT2D eigenvalue weighted by Gasteiger charge is -2.30. The summed E-state index contributed by atoms with van der Waals surface area (Å²) in [6, 6.07) is 10.8. The number of aromatic nitrogens is 1. The summed E-state index contributed by atoms with van der Waals surface area (Å²) >= 11 is 5.85. The van der Waals surface area contributed by atoms with Crippen molar-refractivity contribution in [2.45, 2.75) is 18.9 Å². The largest absolute Gasteiger partial charge is 0.457 e. The van der Waals surface area contributed by atoms with E-state index in [9.17, 15) is 4.79 Å². The van der Waals surface area contributed by atoms with Gasteiger partial charge in [0.15, 0.2) is 0 Å². The molecule has 6 heteroatoms. The van der Waals surface area contributed by atoms with E-state index in [0.717, 1.165) is 18.9 Å². The van der Waals surface area contributed by atoms with Crippen molar-refractivity contribution >= 4 is 17.5 Å². The van der Waals surface area contributed by atoms with Gasteiger partial charge in [-0.25, -0.2) is 4.98 Å². The number of amides is 1. The highest BCUT2D eigenvalue weighted by Crippen LogP contribution is 2.27. The summed E-state index contributed by atoms with van der Waals surface area (Å²) < 4.78 is 5.72. The van der Waals surface area contributed by atoms with Crippen LogP contribution in [-0.4, -0.2) is 41.5 Å². The van der Waals surface area contributed by atoms with Crippen LogP contribution in [0.3, 0.4) is 0 Å². The van der Waals surface area contributed by atoms with E-state index in [1.165, 1.54) is 19.5 Å². The Morgan fingerprint density at radius 3 is 2.80 bits per heavy atom. The van der Waals surface area contributed by atoms with Gasteiger partial charge in [0, 0.05) is 37.0 Å². The predicted molar refractivity (Wildman–Crippen MR) is 96.2 cm³/mol. The van der Waals surface area contributed by atoms with Gasteiger partial charge in [-0.05, 0) is 55.6 Å². The number of rotatable bonds is 4. The minimum Gasteiger partial charge on any atom is -0.457 e. The first-order valence-corrected chi connectivity index (χ1v) is 8.96. The number of piperidine rings is 1. The third kappa shape index (κ3) is 3.94. The van der Waals surface area contributed by atoms with Crippen molar-refractivity contribution in [3.05, 3.63) is 53.3 Å². The first-order valence-electron chi connectivity index (χ1n) is 8.58. The fourth-order valence-electron chi connectivity index (χ4n) is 3.69. The van der Waals surface area contributed by atoms with Crippen molar-refractivity contribution in [2.24, 2.45) is 5.92 Å². The van der Waals surface area contributed by atoms with Crippen LogP contribution in [0.1, 0.15) is 23.2 Å². The van der Waals surface area contributed by atoms with Gasteiger partial charge in [0.25, 0.3) is 5.91 Å². The molecule has 3 heterocycles. The highest BCUT2D eigenvalue weighted by atomic mass is 35.5. The van der Waals surface area contributed by atoms with Crippen LogP contribution >= 0.6 is 11.6 Å². The van der Waals surface area contributed by atoms with Gasteiger partial charge in [-0.2, -0.15) is 0 Å². The number of hydrogen-bond donors (Lipinski definition) is 1. The second-order valence-electron chi connectivity index (χ2n) is 6.76. The average Bonchev–Trinajstić information content (AvgIpc) is 2.94. The Morgan fingerprint density at radius 2 is 2.04 bits per heavy atom. The van der Waals surface area contributed by atoms with E-state index in [0.29, 0.717) is 22.2 Å². The first kappa shape index (κ1) is 16.4. The quantitative estimate of drug-likeness (QED) is 0.852. The Hall–Kier alpha value is -2.11. The molecule has 0 radical (unpaired) electrons. The number of ether oxygens (including phenoxy) is 1. The molecule has 4 rings (SSSR count). The van der Waals surface area contributed by atoms with E-state index in [1.54, 1.807) is 42.6 Å². The monoisotopic (exact) mass is 357 g/mol. The Labute approximate surface area is 152 Å². The molecule has 2 aliphatic heterocycles. The van der Waals surface area contributed by atoms with Crippen LogP contribution in [0.15, 0.2) is 42.6 Å². The Kier molecular flexibility index (Phi) is 4.59.